The molecule has 134 valence electrons. The van der Waals surface area contributed by atoms with Gasteiger partial charge in [-0.3, -0.25) is 0 Å². The van der Waals surface area contributed by atoms with Gasteiger partial charge in [-0.15, -0.1) is 0 Å². The van der Waals surface area contributed by atoms with Crippen molar-refractivity contribution >= 4 is 11.6 Å². The number of hydrogen-bond acceptors (Lipinski definition) is 1. The summed E-state index contributed by atoms with van der Waals surface area (Å²) in [7, 11) is 0. The standard InChI is InChI=1S/C26H20N2/c1-3-8-18(9-4-1)20-14-15-21-17-28-25-22(23(21)16-20)12-7-13-24(25)27-26(28)19-10-5-2-6-11-19/h1-6,8-11,13-16H,7,12,17H2. The highest BCUT2D eigenvalue weighted by Crippen LogP contribution is 2.32. The number of imidazole rings is 1. The van der Waals surface area contributed by atoms with Crippen molar-refractivity contribution in [2.45, 2.75) is 19.4 Å². The Morgan fingerprint density at radius 2 is 1.50 bits per heavy atom. The SMILES string of the molecule is C1=c2nc(-c3ccccc3)n3c2=C(CC1)c1cc(-c2ccccc2)ccc1C3. The van der Waals surface area contributed by atoms with E-state index in [1.807, 2.05) is 0 Å². The molecule has 0 spiro atoms. The molecule has 3 aromatic carbocycles. The minimum atomic E-state index is 0.883. The first kappa shape index (κ1) is 15.6. The van der Waals surface area contributed by atoms with E-state index in [-0.39, 0.29) is 0 Å². The van der Waals surface area contributed by atoms with Crippen molar-refractivity contribution in [3.05, 3.63) is 101 Å². The summed E-state index contributed by atoms with van der Waals surface area (Å²) in [4.78, 5) is 5.03. The second-order valence-corrected chi connectivity index (χ2v) is 7.58. The third-order valence-electron chi connectivity index (χ3n) is 5.91. The molecular weight excluding hydrogens is 340 g/mol. The molecule has 0 unspecified atom stereocenters. The summed E-state index contributed by atoms with van der Waals surface area (Å²) in [6, 6.07) is 28.2. The van der Waals surface area contributed by atoms with Crippen molar-refractivity contribution in [3.63, 3.8) is 0 Å². The van der Waals surface area contributed by atoms with Crippen LogP contribution in [0.2, 0.25) is 0 Å². The topological polar surface area (TPSA) is 17.8 Å². The monoisotopic (exact) mass is 360 g/mol. The second-order valence-electron chi connectivity index (χ2n) is 7.58. The highest BCUT2D eigenvalue weighted by atomic mass is 15.1. The number of benzene rings is 3. The first-order chi connectivity index (χ1) is 13.9. The van der Waals surface area contributed by atoms with E-state index in [0.29, 0.717) is 0 Å². The molecule has 0 fully saturated rings. The van der Waals surface area contributed by atoms with Gasteiger partial charge < -0.3 is 4.57 Å². The number of nitrogens with zero attached hydrogens (tertiary/aromatic N) is 2. The van der Waals surface area contributed by atoms with Crippen LogP contribution >= 0.6 is 0 Å². The zero-order chi connectivity index (χ0) is 18.5. The average molecular weight is 360 g/mol. The zero-order valence-electron chi connectivity index (χ0n) is 15.6. The van der Waals surface area contributed by atoms with Gasteiger partial charge in [-0.25, -0.2) is 4.98 Å². The summed E-state index contributed by atoms with van der Waals surface area (Å²) in [6.07, 6.45) is 4.44. The summed E-state index contributed by atoms with van der Waals surface area (Å²) in [6.45, 7) is 0.883. The van der Waals surface area contributed by atoms with Crippen molar-refractivity contribution in [2.75, 3.05) is 0 Å². The smallest absolute Gasteiger partial charge is 0.141 e. The fourth-order valence-electron chi connectivity index (χ4n) is 4.60. The number of hydrogen-bond donors (Lipinski definition) is 0. The van der Waals surface area contributed by atoms with Crippen LogP contribution in [-0.2, 0) is 6.54 Å². The van der Waals surface area contributed by atoms with E-state index in [0.717, 1.165) is 30.6 Å². The Hall–Kier alpha value is -3.39. The molecule has 1 aliphatic carbocycles. The van der Waals surface area contributed by atoms with Gasteiger partial charge in [0.1, 0.15) is 5.82 Å². The molecule has 0 atom stereocenters. The zero-order valence-corrected chi connectivity index (χ0v) is 15.6. The van der Waals surface area contributed by atoms with Gasteiger partial charge in [-0.05, 0) is 46.7 Å². The Morgan fingerprint density at radius 3 is 2.29 bits per heavy atom. The maximum Gasteiger partial charge on any atom is 0.141 e. The Morgan fingerprint density at radius 1 is 0.750 bits per heavy atom. The Bertz CT molecular complexity index is 1310. The molecule has 6 rings (SSSR count). The maximum absolute atomic E-state index is 5.03. The van der Waals surface area contributed by atoms with Crippen LogP contribution in [0.1, 0.15) is 24.0 Å². The fourth-order valence-corrected chi connectivity index (χ4v) is 4.60. The van der Waals surface area contributed by atoms with Crippen LogP contribution in [0.5, 0.6) is 0 Å². The van der Waals surface area contributed by atoms with Gasteiger partial charge in [0.2, 0.25) is 0 Å². The predicted octanol–water partition coefficient (Wildman–Crippen LogP) is 4.35. The van der Waals surface area contributed by atoms with E-state index in [2.05, 4.69) is 89.5 Å². The third kappa shape index (κ3) is 2.31. The van der Waals surface area contributed by atoms with Crippen molar-refractivity contribution < 1.29 is 0 Å². The van der Waals surface area contributed by atoms with Crippen LogP contribution in [0.3, 0.4) is 0 Å². The molecule has 0 N–H and O–H groups in total. The molecule has 2 aliphatic rings. The molecule has 0 saturated heterocycles. The lowest BCUT2D eigenvalue weighted by molar-refractivity contribution is 0.755. The van der Waals surface area contributed by atoms with Gasteiger partial charge in [0, 0.05) is 5.56 Å². The van der Waals surface area contributed by atoms with Crippen LogP contribution in [0.15, 0.2) is 78.9 Å². The van der Waals surface area contributed by atoms with Gasteiger partial charge in [0.15, 0.2) is 0 Å². The van der Waals surface area contributed by atoms with Crippen molar-refractivity contribution in [3.8, 4) is 22.5 Å². The molecule has 1 aromatic heterocycles. The molecule has 2 heteroatoms. The van der Waals surface area contributed by atoms with E-state index in [1.54, 1.807) is 0 Å². The average Bonchev–Trinajstić information content (AvgIpc) is 3.15. The summed E-state index contributed by atoms with van der Waals surface area (Å²) < 4.78 is 2.42. The number of fused-ring (bicyclic) bond motifs is 2. The normalized spacial score (nSPS) is 14.2. The van der Waals surface area contributed by atoms with Gasteiger partial charge in [-0.2, -0.15) is 0 Å². The van der Waals surface area contributed by atoms with Crippen LogP contribution in [0.4, 0.5) is 0 Å². The lowest BCUT2D eigenvalue weighted by atomic mass is 9.89. The molecule has 28 heavy (non-hydrogen) atoms. The summed E-state index contributed by atoms with van der Waals surface area (Å²) in [5.41, 5.74) is 8.00. The molecule has 1 aliphatic heterocycles. The van der Waals surface area contributed by atoms with Crippen molar-refractivity contribution in [1.29, 1.82) is 0 Å². The van der Waals surface area contributed by atoms with Gasteiger partial charge in [-0.1, -0.05) is 78.9 Å². The summed E-state index contributed by atoms with van der Waals surface area (Å²) in [5.74, 6) is 1.08. The largest absolute Gasteiger partial charge is 0.319 e. The van der Waals surface area contributed by atoms with E-state index >= 15 is 0 Å². The molecular formula is C26H20N2. The first-order valence-electron chi connectivity index (χ1n) is 9.92. The lowest BCUT2D eigenvalue weighted by Crippen LogP contribution is -2.38. The molecule has 4 aromatic rings. The highest BCUT2D eigenvalue weighted by Gasteiger charge is 2.23. The fraction of sp³-hybridized carbons (Fsp3) is 0.115. The molecule has 0 saturated carbocycles. The van der Waals surface area contributed by atoms with Crippen LogP contribution in [0, 0.1) is 0 Å². The van der Waals surface area contributed by atoms with Crippen LogP contribution in [-0.4, -0.2) is 9.55 Å². The van der Waals surface area contributed by atoms with Crippen LogP contribution < -0.4 is 10.7 Å². The van der Waals surface area contributed by atoms with Crippen LogP contribution in [0.25, 0.3) is 34.2 Å². The number of aromatic nitrogens is 2. The molecule has 0 radical (unpaired) electrons. The first-order valence-corrected chi connectivity index (χ1v) is 9.92. The lowest BCUT2D eigenvalue weighted by Gasteiger charge is -2.23. The van der Waals surface area contributed by atoms with E-state index in [9.17, 15) is 0 Å². The Labute approximate surface area is 164 Å². The summed E-state index contributed by atoms with van der Waals surface area (Å²) >= 11 is 0. The quantitative estimate of drug-likeness (QED) is 0.520. The van der Waals surface area contributed by atoms with E-state index in [1.165, 1.54) is 38.7 Å². The minimum absolute atomic E-state index is 0.883. The van der Waals surface area contributed by atoms with Gasteiger partial charge in [0.25, 0.3) is 0 Å². The Kier molecular flexibility index (Phi) is 3.39. The highest BCUT2D eigenvalue weighted by molar-refractivity contribution is 5.77. The van der Waals surface area contributed by atoms with Gasteiger partial charge in [0.05, 0.1) is 17.2 Å². The second kappa shape index (κ2) is 6.07. The molecule has 0 amide bonds. The predicted molar refractivity (Wildman–Crippen MR) is 114 cm³/mol. The summed E-state index contributed by atoms with van der Waals surface area (Å²) in [5, 5.41) is 2.47. The van der Waals surface area contributed by atoms with Crippen molar-refractivity contribution in [1.82, 2.24) is 9.55 Å². The molecule has 2 heterocycles. The van der Waals surface area contributed by atoms with Gasteiger partial charge >= 0.3 is 0 Å². The van der Waals surface area contributed by atoms with Crippen molar-refractivity contribution in [2.24, 2.45) is 0 Å². The number of rotatable bonds is 2. The molecule has 2 nitrogen and oxygen atoms in total. The van der Waals surface area contributed by atoms with E-state index in [4.69, 9.17) is 4.98 Å². The maximum atomic E-state index is 5.03. The Balaban J connectivity index is 1.61. The third-order valence-corrected chi connectivity index (χ3v) is 5.91. The molecule has 0 bridgehead atoms. The minimum Gasteiger partial charge on any atom is -0.319 e. The van der Waals surface area contributed by atoms with E-state index < -0.39 is 0 Å².